The number of fused-ring (bicyclic) bond motifs is 4. The topological polar surface area (TPSA) is 43.4 Å². The van der Waals surface area contributed by atoms with Crippen molar-refractivity contribution < 1.29 is 14.3 Å². The molecule has 0 spiro atoms. The van der Waals surface area contributed by atoms with Crippen LogP contribution in [0.1, 0.15) is 113 Å². The van der Waals surface area contributed by atoms with Gasteiger partial charge in [-0.15, -0.1) is 0 Å². The monoisotopic (exact) mass is 482 g/mol. The zero-order valence-corrected chi connectivity index (χ0v) is 23.8. The lowest BCUT2D eigenvalue weighted by atomic mass is 9.45. The summed E-state index contributed by atoms with van der Waals surface area (Å²) in [7, 11) is 0. The van der Waals surface area contributed by atoms with Crippen molar-refractivity contribution in [1.29, 1.82) is 0 Å². The summed E-state index contributed by atoms with van der Waals surface area (Å²) in [6.45, 7) is 22.3. The summed E-state index contributed by atoms with van der Waals surface area (Å²) in [6, 6.07) is 0. The number of ether oxygens (including phenoxy) is 1. The van der Waals surface area contributed by atoms with Gasteiger partial charge >= 0.3 is 5.97 Å². The van der Waals surface area contributed by atoms with Crippen molar-refractivity contribution in [1.82, 2.24) is 0 Å². The summed E-state index contributed by atoms with van der Waals surface area (Å²) in [5, 5.41) is 0. The van der Waals surface area contributed by atoms with Crippen molar-refractivity contribution in [2.45, 2.75) is 119 Å². The summed E-state index contributed by atoms with van der Waals surface area (Å²) >= 11 is 0. The van der Waals surface area contributed by atoms with Gasteiger partial charge < -0.3 is 4.74 Å². The zero-order chi connectivity index (χ0) is 25.9. The molecule has 0 saturated heterocycles. The standard InChI is InChI=1S/C32H50O3/c1-19(2)20(3)10-11-21(4)24-14-17-31(8)26-13-12-25-22(5)28(35-23(6)33)15-16-30(25,7)29(26)27(34)18-32(24,31)9/h19,21-22,24-25,28H,3,10-18H2,1-2,4-9H3/t21-,22+,24-,25?,28+,30+,31+,32-/m1/s1. The van der Waals surface area contributed by atoms with Gasteiger partial charge in [0, 0.05) is 18.9 Å². The van der Waals surface area contributed by atoms with Crippen molar-refractivity contribution >= 4 is 11.8 Å². The molecule has 2 fully saturated rings. The SMILES string of the molecule is C=C(CC[C@@H](C)[C@H]1CC[C@@]2(C)C3=C(C(=O)C[C@]12C)[C@@]1(C)CC[C@H](OC(C)=O)[C@@H](C)C1CC3)C(C)C. The van der Waals surface area contributed by atoms with Crippen LogP contribution in [0, 0.1) is 45.8 Å². The van der Waals surface area contributed by atoms with Crippen LogP contribution in [0.2, 0.25) is 0 Å². The molecule has 1 unspecified atom stereocenters. The summed E-state index contributed by atoms with van der Waals surface area (Å²) < 4.78 is 5.71. The lowest BCUT2D eigenvalue weighted by Crippen LogP contribution is -2.54. The molecular weight excluding hydrogens is 432 g/mol. The fourth-order valence-corrected chi connectivity index (χ4v) is 9.33. The van der Waals surface area contributed by atoms with E-state index in [-0.39, 0.29) is 28.3 Å². The Morgan fingerprint density at radius 1 is 1.11 bits per heavy atom. The second-order valence-electron chi connectivity index (χ2n) is 13.8. The largest absolute Gasteiger partial charge is 0.462 e. The lowest BCUT2D eigenvalue weighted by Gasteiger charge is -2.59. The minimum atomic E-state index is -0.179. The first-order valence-corrected chi connectivity index (χ1v) is 14.4. The first-order chi connectivity index (χ1) is 16.3. The second-order valence-corrected chi connectivity index (χ2v) is 13.8. The van der Waals surface area contributed by atoms with Crippen LogP contribution in [-0.2, 0) is 14.3 Å². The predicted octanol–water partition coefficient (Wildman–Crippen LogP) is 8.08. The lowest BCUT2D eigenvalue weighted by molar-refractivity contribution is -0.156. The summed E-state index contributed by atoms with van der Waals surface area (Å²) in [4.78, 5) is 25.8. The third kappa shape index (κ3) is 4.08. The Morgan fingerprint density at radius 3 is 2.43 bits per heavy atom. The molecule has 0 N–H and O–H groups in total. The van der Waals surface area contributed by atoms with Crippen molar-refractivity contribution in [2.75, 3.05) is 0 Å². The zero-order valence-electron chi connectivity index (χ0n) is 23.8. The Balaban J connectivity index is 1.63. The Morgan fingerprint density at radius 2 is 1.80 bits per heavy atom. The highest BCUT2D eigenvalue weighted by molar-refractivity contribution is 5.99. The fourth-order valence-electron chi connectivity index (χ4n) is 9.33. The predicted molar refractivity (Wildman–Crippen MR) is 143 cm³/mol. The van der Waals surface area contributed by atoms with Crippen molar-refractivity contribution in [3.05, 3.63) is 23.3 Å². The Bertz CT molecular complexity index is 927. The molecule has 4 aliphatic rings. The highest BCUT2D eigenvalue weighted by atomic mass is 16.5. The van der Waals surface area contributed by atoms with Crippen LogP contribution in [0.3, 0.4) is 0 Å². The molecule has 0 heterocycles. The Hall–Kier alpha value is -1.38. The van der Waals surface area contributed by atoms with Gasteiger partial charge in [-0.1, -0.05) is 66.2 Å². The van der Waals surface area contributed by atoms with E-state index in [0.717, 1.165) is 32.1 Å². The minimum Gasteiger partial charge on any atom is -0.462 e. The first kappa shape index (κ1) is 26.7. The number of esters is 1. The van der Waals surface area contributed by atoms with Gasteiger partial charge in [-0.05, 0) is 97.2 Å². The number of Topliss-reactive ketones (excluding diaryl/α,β-unsaturated/α-hetero) is 1. The molecule has 2 saturated carbocycles. The molecule has 0 bridgehead atoms. The van der Waals surface area contributed by atoms with Crippen LogP contribution >= 0.6 is 0 Å². The van der Waals surface area contributed by atoms with E-state index >= 15 is 0 Å². The van der Waals surface area contributed by atoms with Gasteiger partial charge in [0.2, 0.25) is 0 Å². The number of carbonyl (C=O) groups is 2. The molecule has 3 nitrogen and oxygen atoms in total. The molecule has 0 aromatic heterocycles. The van der Waals surface area contributed by atoms with E-state index in [1.807, 2.05) is 0 Å². The van der Waals surface area contributed by atoms with Gasteiger partial charge in [0.1, 0.15) is 6.10 Å². The van der Waals surface area contributed by atoms with Gasteiger partial charge in [-0.2, -0.15) is 0 Å². The smallest absolute Gasteiger partial charge is 0.302 e. The van der Waals surface area contributed by atoms with Gasteiger partial charge in [-0.3, -0.25) is 9.59 Å². The average Bonchev–Trinajstić information content (AvgIpc) is 3.04. The van der Waals surface area contributed by atoms with Crippen LogP contribution < -0.4 is 0 Å². The molecule has 3 heteroatoms. The number of hydrogen-bond donors (Lipinski definition) is 0. The van der Waals surface area contributed by atoms with Crippen LogP contribution in [-0.4, -0.2) is 17.9 Å². The van der Waals surface area contributed by atoms with Gasteiger partial charge in [-0.25, -0.2) is 0 Å². The van der Waals surface area contributed by atoms with E-state index < -0.39 is 0 Å². The molecule has 0 aromatic carbocycles. The first-order valence-electron chi connectivity index (χ1n) is 14.4. The maximum Gasteiger partial charge on any atom is 0.302 e. The van der Waals surface area contributed by atoms with E-state index in [2.05, 4.69) is 55.0 Å². The number of ketones is 1. The molecule has 0 aliphatic heterocycles. The van der Waals surface area contributed by atoms with Crippen molar-refractivity contribution in [3.63, 3.8) is 0 Å². The summed E-state index contributed by atoms with van der Waals surface area (Å²) in [5.74, 6) is 2.70. The number of rotatable bonds is 6. The van der Waals surface area contributed by atoms with Crippen molar-refractivity contribution in [2.24, 2.45) is 45.8 Å². The highest BCUT2D eigenvalue weighted by Crippen LogP contribution is 2.71. The molecule has 196 valence electrons. The van der Waals surface area contributed by atoms with Crippen molar-refractivity contribution in [3.8, 4) is 0 Å². The molecule has 0 radical (unpaired) electrons. The molecule has 35 heavy (non-hydrogen) atoms. The van der Waals surface area contributed by atoms with Gasteiger partial charge in [0.15, 0.2) is 5.78 Å². The molecule has 8 atom stereocenters. The maximum absolute atomic E-state index is 14.1. The Kier molecular flexibility index (Phi) is 6.99. The van der Waals surface area contributed by atoms with E-state index in [0.29, 0.717) is 41.8 Å². The molecule has 4 rings (SSSR count). The number of hydrogen-bond acceptors (Lipinski definition) is 3. The Labute approximate surface area is 214 Å². The fraction of sp³-hybridized carbons (Fsp3) is 0.812. The summed E-state index contributed by atoms with van der Waals surface area (Å²) in [5.41, 5.74) is 4.15. The van der Waals surface area contributed by atoms with Gasteiger partial charge in [0.05, 0.1) is 0 Å². The minimum absolute atomic E-state index is 0.00966. The summed E-state index contributed by atoms with van der Waals surface area (Å²) in [6.07, 6.45) is 9.39. The van der Waals surface area contributed by atoms with Crippen LogP contribution in [0.5, 0.6) is 0 Å². The third-order valence-electron chi connectivity index (χ3n) is 11.8. The maximum atomic E-state index is 14.1. The molecule has 0 amide bonds. The van der Waals surface area contributed by atoms with E-state index in [9.17, 15) is 9.59 Å². The normalized spacial score (nSPS) is 41.8. The average molecular weight is 483 g/mol. The van der Waals surface area contributed by atoms with E-state index in [4.69, 9.17) is 4.74 Å². The van der Waals surface area contributed by atoms with Crippen LogP contribution in [0.15, 0.2) is 23.3 Å². The third-order valence-corrected chi connectivity index (χ3v) is 11.8. The molecule has 4 aliphatic carbocycles. The molecule has 0 aromatic rings. The quantitative estimate of drug-likeness (QED) is 0.284. The van der Waals surface area contributed by atoms with E-state index in [1.54, 1.807) is 0 Å². The van der Waals surface area contributed by atoms with E-state index in [1.165, 1.54) is 42.9 Å². The highest BCUT2D eigenvalue weighted by Gasteiger charge is 2.64. The van der Waals surface area contributed by atoms with Crippen LogP contribution in [0.25, 0.3) is 0 Å². The second kappa shape index (κ2) is 9.18. The van der Waals surface area contributed by atoms with Crippen LogP contribution in [0.4, 0.5) is 0 Å². The molecular formula is C32H50O3. The number of carbonyl (C=O) groups excluding carboxylic acids is 2. The number of allylic oxidation sites excluding steroid dienone is 3. The van der Waals surface area contributed by atoms with Gasteiger partial charge in [0.25, 0.3) is 0 Å².